The van der Waals surface area contributed by atoms with Gasteiger partial charge in [0.05, 0.1) is 0 Å². The van der Waals surface area contributed by atoms with E-state index in [1.807, 2.05) is 6.92 Å². The summed E-state index contributed by atoms with van der Waals surface area (Å²) < 4.78 is 26.7. The van der Waals surface area contributed by atoms with Gasteiger partial charge in [0.1, 0.15) is 11.6 Å². The molecule has 5 heteroatoms. The average Bonchev–Trinajstić information content (AvgIpc) is 2.45. The third-order valence-electron chi connectivity index (χ3n) is 3.55. The lowest BCUT2D eigenvalue weighted by Gasteiger charge is -2.24. The van der Waals surface area contributed by atoms with Gasteiger partial charge in [-0.3, -0.25) is 0 Å². The molecule has 0 heterocycles. The fourth-order valence-corrected chi connectivity index (χ4v) is 2.44. The second-order valence-corrected chi connectivity index (χ2v) is 5.11. The third-order valence-corrected chi connectivity index (χ3v) is 3.55. The zero-order valence-electron chi connectivity index (χ0n) is 12.9. The Labute approximate surface area is 126 Å². The van der Waals surface area contributed by atoms with E-state index in [1.54, 1.807) is 0 Å². The first-order valence-corrected chi connectivity index (χ1v) is 7.63. The van der Waals surface area contributed by atoms with Crippen molar-refractivity contribution in [3.05, 3.63) is 35.4 Å². The number of rotatable bonds is 10. The summed E-state index contributed by atoms with van der Waals surface area (Å²) >= 11 is 0. The van der Waals surface area contributed by atoms with Crippen molar-refractivity contribution in [3.8, 4) is 0 Å². The highest BCUT2D eigenvalue weighted by Crippen LogP contribution is 2.20. The summed E-state index contributed by atoms with van der Waals surface area (Å²) in [4.78, 5) is 2.23. The summed E-state index contributed by atoms with van der Waals surface area (Å²) in [5.74, 6) is -1.08. The van der Waals surface area contributed by atoms with Crippen LogP contribution in [0.2, 0.25) is 0 Å². The van der Waals surface area contributed by atoms with Crippen molar-refractivity contribution in [1.29, 1.82) is 0 Å². The molecular formula is C16H26F2N2O. The van der Waals surface area contributed by atoms with Gasteiger partial charge in [0, 0.05) is 25.3 Å². The molecule has 0 spiro atoms. The lowest BCUT2D eigenvalue weighted by molar-refractivity contribution is 0.223. The lowest BCUT2D eigenvalue weighted by atomic mass is 10.0. The summed E-state index contributed by atoms with van der Waals surface area (Å²) in [7, 11) is 0. The number of halogens is 2. The summed E-state index contributed by atoms with van der Waals surface area (Å²) in [6.07, 6.45) is 1.52. The molecule has 0 aliphatic heterocycles. The molecule has 0 radical (unpaired) electrons. The van der Waals surface area contributed by atoms with Crippen molar-refractivity contribution in [2.75, 3.05) is 32.8 Å². The van der Waals surface area contributed by atoms with Gasteiger partial charge in [-0.1, -0.05) is 13.8 Å². The highest BCUT2D eigenvalue weighted by Gasteiger charge is 2.14. The van der Waals surface area contributed by atoms with E-state index in [1.165, 1.54) is 12.1 Å². The monoisotopic (exact) mass is 300 g/mol. The highest BCUT2D eigenvalue weighted by atomic mass is 19.1. The largest absolute Gasteiger partial charge is 0.396 e. The van der Waals surface area contributed by atoms with Gasteiger partial charge in [0.15, 0.2) is 0 Å². The molecule has 1 atom stereocenters. The van der Waals surface area contributed by atoms with Crippen molar-refractivity contribution < 1.29 is 13.9 Å². The molecule has 0 aliphatic rings. The van der Waals surface area contributed by atoms with Crippen molar-refractivity contribution in [1.82, 2.24) is 10.2 Å². The standard InChI is InChI=1S/C16H26F2N2O/c1-3-19-16(6-8-20(4-2)7-5-9-21)13-10-14(17)12-15(18)11-13/h10-12,16,19,21H,3-9H2,1-2H3. The van der Waals surface area contributed by atoms with Gasteiger partial charge < -0.3 is 15.3 Å². The second kappa shape index (κ2) is 9.82. The Bertz CT molecular complexity index is 395. The van der Waals surface area contributed by atoms with Crippen LogP contribution >= 0.6 is 0 Å². The minimum atomic E-state index is -0.541. The van der Waals surface area contributed by atoms with Crippen LogP contribution in [0, 0.1) is 11.6 Å². The van der Waals surface area contributed by atoms with Gasteiger partial charge in [0.25, 0.3) is 0 Å². The maximum Gasteiger partial charge on any atom is 0.126 e. The second-order valence-electron chi connectivity index (χ2n) is 5.11. The Hall–Kier alpha value is -1.04. The topological polar surface area (TPSA) is 35.5 Å². The quantitative estimate of drug-likeness (QED) is 0.697. The number of benzene rings is 1. The highest BCUT2D eigenvalue weighted by molar-refractivity contribution is 5.21. The minimum Gasteiger partial charge on any atom is -0.396 e. The maximum atomic E-state index is 13.4. The van der Waals surface area contributed by atoms with Gasteiger partial charge in [-0.05, 0) is 50.2 Å². The fourth-order valence-electron chi connectivity index (χ4n) is 2.44. The van der Waals surface area contributed by atoms with Gasteiger partial charge in [-0.25, -0.2) is 8.78 Å². The SMILES string of the molecule is CCNC(CCN(CC)CCCO)c1cc(F)cc(F)c1. The lowest BCUT2D eigenvalue weighted by Crippen LogP contribution is -2.30. The van der Waals surface area contributed by atoms with Crippen molar-refractivity contribution in [2.45, 2.75) is 32.7 Å². The molecule has 1 rings (SSSR count). The molecule has 0 saturated carbocycles. The van der Waals surface area contributed by atoms with Crippen LogP contribution in [0.5, 0.6) is 0 Å². The normalized spacial score (nSPS) is 12.9. The third kappa shape index (κ3) is 6.50. The molecule has 0 aromatic heterocycles. The van der Waals surface area contributed by atoms with E-state index in [9.17, 15) is 8.78 Å². The van der Waals surface area contributed by atoms with Crippen LogP contribution in [0.1, 0.15) is 38.3 Å². The van der Waals surface area contributed by atoms with Gasteiger partial charge in [-0.15, -0.1) is 0 Å². The first-order valence-electron chi connectivity index (χ1n) is 7.63. The van der Waals surface area contributed by atoms with Crippen LogP contribution in [0.3, 0.4) is 0 Å². The van der Waals surface area contributed by atoms with E-state index < -0.39 is 11.6 Å². The fraction of sp³-hybridized carbons (Fsp3) is 0.625. The van der Waals surface area contributed by atoms with Crippen LogP contribution in [0.15, 0.2) is 18.2 Å². The molecule has 0 aliphatic carbocycles. The number of hydrogen-bond acceptors (Lipinski definition) is 3. The number of aliphatic hydroxyl groups is 1. The zero-order valence-corrected chi connectivity index (χ0v) is 12.9. The molecule has 0 fully saturated rings. The summed E-state index contributed by atoms with van der Waals surface area (Å²) in [6.45, 7) is 7.54. The van der Waals surface area contributed by atoms with E-state index in [4.69, 9.17) is 5.11 Å². The predicted octanol–water partition coefficient (Wildman–Crippen LogP) is 2.71. The number of aliphatic hydroxyl groups excluding tert-OH is 1. The smallest absolute Gasteiger partial charge is 0.126 e. The first kappa shape index (κ1) is 18.0. The predicted molar refractivity (Wildman–Crippen MR) is 81.2 cm³/mol. The molecule has 2 N–H and O–H groups in total. The average molecular weight is 300 g/mol. The summed E-state index contributed by atoms with van der Waals surface area (Å²) in [6, 6.07) is 3.61. The summed E-state index contributed by atoms with van der Waals surface area (Å²) in [5, 5.41) is 12.2. The molecule has 0 amide bonds. The van der Waals surface area contributed by atoms with Crippen molar-refractivity contribution in [2.24, 2.45) is 0 Å². The minimum absolute atomic E-state index is 0.0663. The Morgan fingerprint density at radius 1 is 1.14 bits per heavy atom. The Kier molecular flexibility index (Phi) is 8.42. The molecular weight excluding hydrogens is 274 g/mol. The van der Waals surface area contributed by atoms with Gasteiger partial charge in [0.2, 0.25) is 0 Å². The molecule has 1 unspecified atom stereocenters. The van der Waals surface area contributed by atoms with Crippen LogP contribution in [-0.2, 0) is 0 Å². The van der Waals surface area contributed by atoms with E-state index in [-0.39, 0.29) is 12.6 Å². The summed E-state index contributed by atoms with van der Waals surface area (Å²) in [5.41, 5.74) is 0.646. The van der Waals surface area contributed by atoms with Crippen LogP contribution in [0.4, 0.5) is 8.78 Å². The van der Waals surface area contributed by atoms with Crippen LogP contribution in [0.25, 0.3) is 0 Å². The number of nitrogens with zero attached hydrogens (tertiary/aromatic N) is 1. The van der Waals surface area contributed by atoms with Crippen LogP contribution in [-0.4, -0.2) is 42.8 Å². The van der Waals surface area contributed by atoms with E-state index in [0.29, 0.717) is 5.56 Å². The first-order chi connectivity index (χ1) is 10.1. The Balaban J connectivity index is 2.68. The zero-order chi connectivity index (χ0) is 15.7. The number of nitrogens with one attached hydrogen (secondary N) is 1. The molecule has 21 heavy (non-hydrogen) atoms. The molecule has 1 aromatic rings. The Morgan fingerprint density at radius 2 is 1.81 bits per heavy atom. The van der Waals surface area contributed by atoms with Crippen molar-refractivity contribution in [3.63, 3.8) is 0 Å². The molecule has 0 saturated heterocycles. The van der Waals surface area contributed by atoms with E-state index in [2.05, 4.69) is 17.1 Å². The maximum absolute atomic E-state index is 13.4. The van der Waals surface area contributed by atoms with E-state index in [0.717, 1.165) is 45.1 Å². The molecule has 120 valence electrons. The van der Waals surface area contributed by atoms with Crippen molar-refractivity contribution >= 4 is 0 Å². The van der Waals surface area contributed by atoms with Gasteiger partial charge >= 0.3 is 0 Å². The van der Waals surface area contributed by atoms with Crippen LogP contribution < -0.4 is 5.32 Å². The van der Waals surface area contributed by atoms with Gasteiger partial charge in [-0.2, -0.15) is 0 Å². The van der Waals surface area contributed by atoms with E-state index >= 15 is 0 Å². The molecule has 3 nitrogen and oxygen atoms in total. The molecule has 1 aromatic carbocycles. The number of hydrogen-bond donors (Lipinski definition) is 2. The molecule has 0 bridgehead atoms. The Morgan fingerprint density at radius 3 is 2.33 bits per heavy atom.